The Morgan fingerprint density at radius 3 is 2.79 bits per heavy atom. The van der Waals surface area contributed by atoms with Gasteiger partial charge < -0.3 is 9.64 Å². The minimum atomic E-state index is -0.392. The Balaban J connectivity index is 2.17. The molecule has 0 radical (unpaired) electrons. The summed E-state index contributed by atoms with van der Waals surface area (Å²) in [6, 6.07) is 0.255. The first-order chi connectivity index (χ1) is 8.98. The van der Waals surface area contributed by atoms with Crippen molar-refractivity contribution in [2.45, 2.75) is 71.1 Å². The average molecular weight is 268 g/mol. The Bertz CT molecular complexity index is 326. The summed E-state index contributed by atoms with van der Waals surface area (Å²) in [5.41, 5.74) is -0.392. The summed E-state index contributed by atoms with van der Waals surface area (Å²) in [6.45, 7) is 10.1. The van der Waals surface area contributed by atoms with Gasteiger partial charge in [0.15, 0.2) is 0 Å². The van der Waals surface area contributed by atoms with Gasteiger partial charge in [-0.1, -0.05) is 20.8 Å². The molecule has 0 aromatic carbocycles. The van der Waals surface area contributed by atoms with Gasteiger partial charge in [0.1, 0.15) is 0 Å². The van der Waals surface area contributed by atoms with Gasteiger partial charge in [-0.2, -0.15) is 0 Å². The van der Waals surface area contributed by atoms with Crippen molar-refractivity contribution in [3.63, 3.8) is 0 Å². The second-order valence-electron chi connectivity index (χ2n) is 6.56. The third-order valence-corrected chi connectivity index (χ3v) is 4.46. The van der Waals surface area contributed by atoms with Crippen molar-refractivity contribution in [1.29, 1.82) is 0 Å². The molecule has 4 heteroatoms. The number of nitrogens with zero attached hydrogens (tertiary/aromatic N) is 1. The van der Waals surface area contributed by atoms with E-state index in [0.29, 0.717) is 12.5 Å². The van der Waals surface area contributed by atoms with Crippen molar-refractivity contribution >= 4 is 5.91 Å². The third-order valence-electron chi connectivity index (χ3n) is 4.46. The second kappa shape index (κ2) is 5.80. The fourth-order valence-electron chi connectivity index (χ4n) is 3.16. The van der Waals surface area contributed by atoms with Crippen LogP contribution in [0.3, 0.4) is 0 Å². The number of amides is 1. The highest BCUT2D eigenvalue weighted by Gasteiger charge is 2.49. The molecular formula is C15H28N2O2. The molecule has 2 saturated heterocycles. The highest BCUT2D eigenvalue weighted by atomic mass is 16.5. The zero-order valence-electron chi connectivity index (χ0n) is 12.7. The molecule has 2 rings (SSSR count). The van der Waals surface area contributed by atoms with Crippen LogP contribution in [0.15, 0.2) is 0 Å². The molecule has 19 heavy (non-hydrogen) atoms. The quantitative estimate of drug-likeness (QED) is 0.849. The lowest BCUT2D eigenvalue weighted by Gasteiger charge is -2.35. The molecule has 2 aliphatic heterocycles. The molecule has 4 nitrogen and oxygen atoms in total. The molecule has 1 N–H and O–H groups in total. The fourth-order valence-corrected chi connectivity index (χ4v) is 3.16. The minimum absolute atomic E-state index is 0.171. The van der Waals surface area contributed by atoms with Crippen LogP contribution in [0.5, 0.6) is 0 Å². The number of rotatable bonds is 4. The number of ether oxygens (including phenoxy) is 1. The van der Waals surface area contributed by atoms with Crippen LogP contribution >= 0.6 is 0 Å². The predicted octanol–water partition coefficient (Wildman–Crippen LogP) is 2.14. The Kier molecular flexibility index (Phi) is 4.51. The summed E-state index contributed by atoms with van der Waals surface area (Å²) in [5, 5.41) is 3.57. The lowest BCUT2D eigenvalue weighted by molar-refractivity contribution is -0.138. The van der Waals surface area contributed by atoms with Gasteiger partial charge in [0.2, 0.25) is 5.91 Å². The molecule has 0 aromatic rings. The lowest BCUT2D eigenvalue weighted by atomic mass is 9.98. The maximum atomic E-state index is 12.8. The summed E-state index contributed by atoms with van der Waals surface area (Å²) in [5.74, 6) is 0.840. The van der Waals surface area contributed by atoms with E-state index in [2.05, 4.69) is 31.0 Å². The SMILES string of the molecule is CCC1(C)NC(CC(C)C)N(C2CCCOC2)C1=O. The van der Waals surface area contributed by atoms with Gasteiger partial charge in [-0.15, -0.1) is 0 Å². The first-order valence-corrected chi connectivity index (χ1v) is 7.66. The Hall–Kier alpha value is -0.610. The van der Waals surface area contributed by atoms with Crippen LogP contribution in [-0.4, -0.2) is 41.8 Å². The molecule has 3 unspecified atom stereocenters. The van der Waals surface area contributed by atoms with Crippen molar-refractivity contribution < 1.29 is 9.53 Å². The van der Waals surface area contributed by atoms with E-state index < -0.39 is 5.54 Å². The van der Waals surface area contributed by atoms with E-state index in [4.69, 9.17) is 4.74 Å². The standard InChI is InChI=1S/C15H28N2O2/c1-5-15(4)14(18)17(12-7-6-8-19-10-12)13(16-15)9-11(2)3/h11-13,16H,5-10H2,1-4H3. The summed E-state index contributed by atoms with van der Waals surface area (Å²) >= 11 is 0. The first-order valence-electron chi connectivity index (χ1n) is 7.66. The van der Waals surface area contributed by atoms with Crippen LogP contribution in [-0.2, 0) is 9.53 Å². The number of hydrogen-bond acceptors (Lipinski definition) is 3. The predicted molar refractivity (Wildman–Crippen MR) is 75.8 cm³/mol. The number of hydrogen-bond donors (Lipinski definition) is 1. The molecular weight excluding hydrogens is 240 g/mol. The van der Waals surface area contributed by atoms with Crippen molar-refractivity contribution in [2.24, 2.45) is 5.92 Å². The van der Waals surface area contributed by atoms with Crippen molar-refractivity contribution in [3.8, 4) is 0 Å². The summed E-state index contributed by atoms with van der Waals surface area (Å²) in [4.78, 5) is 14.8. The fraction of sp³-hybridized carbons (Fsp3) is 0.933. The maximum absolute atomic E-state index is 12.8. The summed E-state index contributed by atoms with van der Waals surface area (Å²) in [7, 11) is 0. The van der Waals surface area contributed by atoms with E-state index >= 15 is 0 Å². The molecule has 2 fully saturated rings. The van der Waals surface area contributed by atoms with Gasteiger partial charge in [-0.3, -0.25) is 10.1 Å². The second-order valence-corrected chi connectivity index (χ2v) is 6.56. The van der Waals surface area contributed by atoms with E-state index in [1.807, 2.05) is 6.92 Å². The number of carbonyl (C=O) groups is 1. The minimum Gasteiger partial charge on any atom is -0.379 e. The monoisotopic (exact) mass is 268 g/mol. The van der Waals surface area contributed by atoms with Crippen LogP contribution in [0.4, 0.5) is 0 Å². The molecule has 0 spiro atoms. The highest BCUT2D eigenvalue weighted by molar-refractivity contribution is 5.88. The van der Waals surface area contributed by atoms with Gasteiger partial charge in [-0.25, -0.2) is 0 Å². The third kappa shape index (κ3) is 2.95. The van der Waals surface area contributed by atoms with E-state index in [-0.39, 0.29) is 18.1 Å². The summed E-state index contributed by atoms with van der Waals surface area (Å²) in [6.07, 6.45) is 4.15. The Morgan fingerprint density at radius 1 is 1.53 bits per heavy atom. The molecule has 2 aliphatic rings. The van der Waals surface area contributed by atoms with Gasteiger partial charge in [0.25, 0.3) is 0 Å². The van der Waals surface area contributed by atoms with Crippen LogP contribution < -0.4 is 5.32 Å². The largest absolute Gasteiger partial charge is 0.379 e. The molecule has 0 aliphatic carbocycles. The topological polar surface area (TPSA) is 41.6 Å². The molecule has 0 aromatic heterocycles. The molecule has 110 valence electrons. The number of carbonyl (C=O) groups excluding carboxylic acids is 1. The van der Waals surface area contributed by atoms with Gasteiger partial charge >= 0.3 is 0 Å². The summed E-state index contributed by atoms with van der Waals surface area (Å²) < 4.78 is 5.58. The van der Waals surface area contributed by atoms with Gasteiger partial charge in [0, 0.05) is 6.61 Å². The smallest absolute Gasteiger partial charge is 0.244 e. The van der Waals surface area contributed by atoms with Crippen molar-refractivity contribution in [3.05, 3.63) is 0 Å². The first kappa shape index (κ1) is 14.8. The molecule has 3 atom stereocenters. The average Bonchev–Trinajstić information content (AvgIpc) is 2.62. The van der Waals surface area contributed by atoms with E-state index in [9.17, 15) is 4.79 Å². The molecule has 2 heterocycles. The van der Waals surface area contributed by atoms with Crippen LogP contribution in [0, 0.1) is 5.92 Å². The van der Waals surface area contributed by atoms with E-state index in [0.717, 1.165) is 32.3 Å². The molecule has 1 amide bonds. The van der Waals surface area contributed by atoms with Crippen molar-refractivity contribution in [1.82, 2.24) is 10.2 Å². The molecule has 0 bridgehead atoms. The van der Waals surface area contributed by atoms with Crippen LogP contribution in [0.2, 0.25) is 0 Å². The van der Waals surface area contributed by atoms with Crippen molar-refractivity contribution in [2.75, 3.05) is 13.2 Å². The van der Waals surface area contributed by atoms with Gasteiger partial charge in [-0.05, 0) is 38.5 Å². The number of nitrogens with one attached hydrogen (secondary N) is 1. The highest BCUT2D eigenvalue weighted by Crippen LogP contribution is 2.30. The van der Waals surface area contributed by atoms with Gasteiger partial charge in [0.05, 0.1) is 24.4 Å². The maximum Gasteiger partial charge on any atom is 0.244 e. The zero-order chi connectivity index (χ0) is 14.0. The Labute approximate surface area is 116 Å². The molecule has 0 saturated carbocycles. The van der Waals surface area contributed by atoms with E-state index in [1.165, 1.54) is 0 Å². The van der Waals surface area contributed by atoms with Crippen LogP contribution in [0.1, 0.15) is 53.4 Å². The lowest BCUT2D eigenvalue weighted by Crippen LogP contribution is -2.49. The van der Waals surface area contributed by atoms with Crippen LogP contribution in [0.25, 0.3) is 0 Å². The Morgan fingerprint density at radius 2 is 2.26 bits per heavy atom. The normalized spacial score (nSPS) is 36.3. The van der Waals surface area contributed by atoms with E-state index in [1.54, 1.807) is 0 Å². The zero-order valence-corrected chi connectivity index (χ0v) is 12.7.